The van der Waals surface area contributed by atoms with Gasteiger partial charge in [-0.25, -0.2) is 0 Å². The van der Waals surface area contributed by atoms with E-state index in [-0.39, 0.29) is 11.3 Å². The quantitative estimate of drug-likeness (QED) is 0.439. The first-order valence-corrected chi connectivity index (χ1v) is 10.4. The molecule has 4 N–H and O–H groups in total. The molecule has 156 valence electrons. The van der Waals surface area contributed by atoms with Crippen molar-refractivity contribution < 1.29 is 9.53 Å². The van der Waals surface area contributed by atoms with Gasteiger partial charge in [0.2, 0.25) is 0 Å². The number of methoxy groups -OCH3 is 1. The highest BCUT2D eigenvalue weighted by Gasteiger charge is 2.41. The van der Waals surface area contributed by atoms with Crippen LogP contribution in [0.15, 0.2) is 48.6 Å². The third kappa shape index (κ3) is 5.00. The zero-order chi connectivity index (χ0) is 20.7. The molecule has 1 amide bonds. The van der Waals surface area contributed by atoms with Crippen LogP contribution >= 0.6 is 0 Å². The number of rotatable bonds is 6. The molecule has 0 aliphatic heterocycles. The van der Waals surface area contributed by atoms with Crippen LogP contribution in [0.2, 0.25) is 0 Å². The van der Waals surface area contributed by atoms with Crippen molar-refractivity contribution in [3.8, 4) is 5.75 Å². The number of hydrogen-bond acceptors (Lipinski definition) is 3. The maximum absolute atomic E-state index is 12.9. The molecule has 6 nitrogen and oxygen atoms in total. The Morgan fingerprint density at radius 3 is 2.66 bits per heavy atom. The predicted molar refractivity (Wildman–Crippen MR) is 116 cm³/mol. The Kier molecular flexibility index (Phi) is 6.96. The first-order valence-electron chi connectivity index (χ1n) is 10.4. The molecule has 0 spiro atoms. The molecule has 1 aromatic carbocycles. The van der Waals surface area contributed by atoms with Crippen molar-refractivity contribution in [2.45, 2.75) is 38.1 Å². The highest BCUT2D eigenvalue weighted by atomic mass is 16.5. The van der Waals surface area contributed by atoms with Gasteiger partial charge < -0.3 is 20.7 Å². The number of ether oxygens (including phenoxy) is 1. The van der Waals surface area contributed by atoms with E-state index >= 15 is 0 Å². The molecule has 2 aliphatic rings. The second-order valence-corrected chi connectivity index (χ2v) is 7.94. The van der Waals surface area contributed by atoms with Crippen LogP contribution < -0.4 is 20.7 Å². The van der Waals surface area contributed by atoms with Gasteiger partial charge in [0.05, 0.1) is 12.7 Å². The van der Waals surface area contributed by atoms with Crippen molar-refractivity contribution in [1.82, 2.24) is 16.0 Å². The summed E-state index contributed by atoms with van der Waals surface area (Å²) in [5.74, 6) is 1.29. The minimum atomic E-state index is -0.0886. The standard InChI is InChI=1S/C23H32N4O2/c1-25-22(24)27-18-12-14-23(15-13-18,17-8-4-3-5-9-17)16-26-21(28)19-10-6-7-11-20(19)29-2/h3-8,10-11,17-18H,9,12-16H2,1-2H3,(H,26,28)(H3,24,25,27)/t17?,18-,23-. The SMILES string of the molecule is CNC(=N)N[C@H]1CC[C@](CNC(=O)c2ccccc2OC)(C2C=CC=CC2)CC1. The van der Waals surface area contributed by atoms with E-state index in [2.05, 4.69) is 40.3 Å². The summed E-state index contributed by atoms with van der Waals surface area (Å²) in [7, 11) is 3.35. The lowest BCUT2D eigenvalue weighted by molar-refractivity contribution is 0.0820. The predicted octanol–water partition coefficient (Wildman–Crippen LogP) is 3.23. The summed E-state index contributed by atoms with van der Waals surface area (Å²) in [6, 6.07) is 7.64. The maximum Gasteiger partial charge on any atom is 0.255 e. The van der Waals surface area contributed by atoms with Gasteiger partial charge >= 0.3 is 0 Å². The number of hydrogen-bond donors (Lipinski definition) is 4. The lowest BCUT2D eigenvalue weighted by atomic mass is 9.63. The maximum atomic E-state index is 12.9. The Balaban J connectivity index is 1.70. The molecule has 3 rings (SSSR count). The molecule has 0 heterocycles. The van der Waals surface area contributed by atoms with Gasteiger partial charge in [-0.3, -0.25) is 10.2 Å². The Hall–Kier alpha value is -2.76. The van der Waals surface area contributed by atoms with Gasteiger partial charge in [-0.05, 0) is 55.6 Å². The highest BCUT2D eigenvalue weighted by Crippen LogP contribution is 2.45. The van der Waals surface area contributed by atoms with Crippen molar-refractivity contribution in [3.05, 3.63) is 54.1 Å². The summed E-state index contributed by atoms with van der Waals surface area (Å²) in [6.07, 6.45) is 13.7. The first-order chi connectivity index (χ1) is 14.1. The average molecular weight is 397 g/mol. The van der Waals surface area contributed by atoms with Gasteiger partial charge in [0, 0.05) is 19.6 Å². The molecule has 1 aromatic rings. The van der Waals surface area contributed by atoms with E-state index in [1.54, 1.807) is 20.2 Å². The smallest absolute Gasteiger partial charge is 0.255 e. The van der Waals surface area contributed by atoms with Crippen molar-refractivity contribution in [3.63, 3.8) is 0 Å². The Bertz CT molecular complexity index is 779. The highest BCUT2D eigenvalue weighted by molar-refractivity contribution is 5.96. The molecule has 1 atom stereocenters. The molecule has 1 unspecified atom stereocenters. The fraction of sp³-hybridized carbons (Fsp3) is 0.478. The molecular formula is C23H32N4O2. The summed E-state index contributed by atoms with van der Waals surface area (Å²) in [5.41, 5.74) is 0.598. The second kappa shape index (κ2) is 9.63. The van der Waals surface area contributed by atoms with Gasteiger partial charge in [0.25, 0.3) is 5.91 Å². The van der Waals surface area contributed by atoms with E-state index in [0.717, 1.165) is 32.1 Å². The average Bonchev–Trinajstić information content (AvgIpc) is 2.79. The molecule has 0 bridgehead atoms. The third-order valence-electron chi connectivity index (χ3n) is 6.30. The first kappa shape index (κ1) is 21.0. The minimum absolute atomic E-state index is 0.0267. The molecule has 0 radical (unpaired) electrons. The van der Waals surface area contributed by atoms with Gasteiger partial charge in [-0.15, -0.1) is 0 Å². The largest absolute Gasteiger partial charge is 0.496 e. The molecule has 0 aromatic heterocycles. The minimum Gasteiger partial charge on any atom is -0.496 e. The second-order valence-electron chi connectivity index (χ2n) is 7.94. The molecule has 1 saturated carbocycles. The van der Waals surface area contributed by atoms with Crippen LogP contribution in [-0.4, -0.2) is 38.6 Å². The van der Waals surface area contributed by atoms with Gasteiger partial charge in [0.15, 0.2) is 5.96 Å². The zero-order valence-electron chi connectivity index (χ0n) is 17.3. The normalized spacial score (nSPS) is 25.9. The molecule has 2 aliphatic carbocycles. The summed E-state index contributed by atoms with van der Waals surface area (Å²) in [5, 5.41) is 17.1. The number of allylic oxidation sites excluding steroid dienone is 4. The number of guanidine groups is 1. The number of benzene rings is 1. The Labute approximate surface area is 173 Å². The molecular weight excluding hydrogens is 364 g/mol. The van der Waals surface area contributed by atoms with Crippen LogP contribution in [0.3, 0.4) is 0 Å². The van der Waals surface area contributed by atoms with E-state index in [9.17, 15) is 4.79 Å². The van der Waals surface area contributed by atoms with Crippen LogP contribution in [0, 0.1) is 16.7 Å². The van der Waals surface area contributed by atoms with E-state index in [4.69, 9.17) is 10.1 Å². The van der Waals surface area contributed by atoms with E-state index in [0.29, 0.717) is 35.8 Å². The van der Waals surface area contributed by atoms with Gasteiger partial charge in [-0.1, -0.05) is 36.4 Å². The van der Waals surface area contributed by atoms with Crippen LogP contribution in [0.5, 0.6) is 5.75 Å². The van der Waals surface area contributed by atoms with Crippen LogP contribution in [0.4, 0.5) is 0 Å². The summed E-state index contributed by atoms with van der Waals surface area (Å²) >= 11 is 0. The summed E-state index contributed by atoms with van der Waals surface area (Å²) in [4.78, 5) is 12.9. The van der Waals surface area contributed by atoms with Crippen LogP contribution in [-0.2, 0) is 0 Å². The summed E-state index contributed by atoms with van der Waals surface area (Å²) in [6.45, 7) is 0.642. The van der Waals surface area contributed by atoms with Gasteiger partial charge in [-0.2, -0.15) is 0 Å². The zero-order valence-corrected chi connectivity index (χ0v) is 17.3. The fourth-order valence-corrected chi connectivity index (χ4v) is 4.51. The van der Waals surface area contributed by atoms with Crippen LogP contribution in [0.25, 0.3) is 0 Å². The lowest BCUT2D eigenvalue weighted by Gasteiger charge is -2.45. The van der Waals surface area contributed by atoms with Crippen molar-refractivity contribution in [1.29, 1.82) is 5.41 Å². The molecule has 29 heavy (non-hydrogen) atoms. The van der Waals surface area contributed by atoms with E-state index in [1.807, 2.05) is 18.2 Å². The number of carbonyl (C=O) groups is 1. The number of amides is 1. The van der Waals surface area contributed by atoms with Crippen molar-refractivity contribution >= 4 is 11.9 Å². The summed E-state index contributed by atoms with van der Waals surface area (Å²) < 4.78 is 5.35. The topological polar surface area (TPSA) is 86.2 Å². The van der Waals surface area contributed by atoms with Crippen LogP contribution in [0.1, 0.15) is 42.5 Å². The molecule has 1 fully saturated rings. The molecule has 6 heteroatoms. The molecule has 0 saturated heterocycles. The monoisotopic (exact) mass is 396 g/mol. The number of carbonyl (C=O) groups excluding carboxylic acids is 1. The van der Waals surface area contributed by atoms with Crippen molar-refractivity contribution in [2.24, 2.45) is 11.3 Å². The number of para-hydroxylation sites is 1. The van der Waals surface area contributed by atoms with Gasteiger partial charge in [0.1, 0.15) is 5.75 Å². The van der Waals surface area contributed by atoms with E-state index in [1.165, 1.54) is 0 Å². The number of nitrogens with one attached hydrogen (secondary N) is 4. The Morgan fingerprint density at radius 1 is 1.24 bits per heavy atom. The Morgan fingerprint density at radius 2 is 2.00 bits per heavy atom. The third-order valence-corrected chi connectivity index (χ3v) is 6.30. The lowest BCUT2D eigenvalue weighted by Crippen LogP contribution is -2.49. The van der Waals surface area contributed by atoms with Crippen molar-refractivity contribution in [2.75, 3.05) is 20.7 Å². The van der Waals surface area contributed by atoms with E-state index < -0.39 is 0 Å². The fourth-order valence-electron chi connectivity index (χ4n) is 4.51.